The Morgan fingerprint density at radius 3 is 0.967 bits per heavy atom. The van der Waals surface area contributed by atoms with Crippen molar-refractivity contribution in [3.05, 3.63) is 131 Å². The molecule has 0 aliphatic rings. The van der Waals surface area contributed by atoms with E-state index in [2.05, 4.69) is 0 Å². The third kappa shape index (κ3) is 7.17. The van der Waals surface area contributed by atoms with Crippen LogP contribution in [0.1, 0.15) is 22.3 Å². The fourth-order valence-corrected chi connectivity index (χ4v) is 2.67. The van der Waals surface area contributed by atoms with E-state index in [1.807, 2.05) is 84.9 Å². The van der Waals surface area contributed by atoms with Gasteiger partial charge in [-0.1, -0.05) is 109 Å². The minimum Gasteiger partial charge on any atom is -0.290 e. The second-order valence-corrected chi connectivity index (χ2v) is 6.63. The molecule has 0 saturated carbocycles. The van der Waals surface area contributed by atoms with Crippen molar-refractivity contribution in [2.75, 3.05) is 0 Å². The smallest absolute Gasteiger partial charge is 0.178 e. The van der Waals surface area contributed by atoms with Gasteiger partial charge in [-0.3, -0.25) is 9.59 Å². The molecule has 0 saturated heterocycles. The molecule has 0 heterocycles. The van der Waals surface area contributed by atoms with Gasteiger partial charge in [0.25, 0.3) is 0 Å². The van der Waals surface area contributed by atoms with Crippen LogP contribution in [0.3, 0.4) is 0 Å². The van der Waals surface area contributed by atoms with Gasteiger partial charge < -0.3 is 0 Å². The zero-order valence-electron chi connectivity index (χ0n) is 16.5. The molecule has 3 rings (SSSR count). The predicted molar refractivity (Wildman–Crippen MR) is 125 cm³/mol. The molecule has 0 radical (unpaired) electrons. The lowest BCUT2D eigenvalue weighted by Gasteiger charge is -1.96. The van der Waals surface area contributed by atoms with Gasteiger partial charge in [-0.05, 0) is 46.6 Å². The van der Waals surface area contributed by atoms with E-state index >= 15 is 0 Å². The number of allylic oxidation sites excluding steroid dienone is 4. The minimum absolute atomic E-state index is 0.0707. The highest BCUT2D eigenvalue weighted by molar-refractivity contribution is 6.05. The van der Waals surface area contributed by atoms with Gasteiger partial charge >= 0.3 is 0 Å². The van der Waals surface area contributed by atoms with Gasteiger partial charge in [0, 0.05) is 0 Å². The summed E-state index contributed by atoms with van der Waals surface area (Å²) in [4.78, 5) is 23.9. The molecule has 0 unspecified atom stereocenters. The van der Waals surface area contributed by atoms with Gasteiger partial charge in [0.15, 0.2) is 11.6 Å². The first-order chi connectivity index (χ1) is 14.7. The molecule has 0 spiro atoms. The second-order valence-electron chi connectivity index (χ2n) is 6.63. The van der Waals surface area contributed by atoms with Crippen LogP contribution < -0.4 is 0 Å². The van der Waals surface area contributed by atoms with Crippen LogP contribution in [0.25, 0.3) is 24.3 Å². The number of carbonyl (C=O) groups excluding carboxylic acids is 2. The molecule has 0 atom stereocenters. The Kier molecular flexibility index (Phi) is 7.64. The third-order valence-electron chi connectivity index (χ3n) is 4.30. The molecule has 3 aromatic rings. The summed E-state index contributed by atoms with van der Waals surface area (Å²) in [6, 6.07) is 27.0. The summed E-state index contributed by atoms with van der Waals surface area (Å²) >= 11 is 0. The van der Waals surface area contributed by atoms with Crippen LogP contribution in [-0.2, 0) is 9.59 Å². The molecule has 0 fully saturated rings. The summed E-state index contributed by atoms with van der Waals surface area (Å²) in [7, 11) is 0. The maximum Gasteiger partial charge on any atom is 0.178 e. The normalized spacial score (nSPS) is 11.7. The Morgan fingerprint density at radius 2 is 0.667 bits per heavy atom. The predicted octanol–water partition coefficient (Wildman–Crippen LogP) is 6.28. The summed E-state index contributed by atoms with van der Waals surface area (Å²) < 4.78 is 0. The summed E-state index contributed by atoms with van der Waals surface area (Å²) in [5.41, 5.74) is 3.82. The zero-order chi connectivity index (χ0) is 21.0. The first-order valence-corrected chi connectivity index (χ1v) is 9.69. The lowest BCUT2D eigenvalue weighted by atomic mass is 10.1. The van der Waals surface area contributed by atoms with E-state index in [0.29, 0.717) is 0 Å². The molecular formula is C28H22O2. The van der Waals surface area contributed by atoms with Crippen molar-refractivity contribution < 1.29 is 9.59 Å². The first kappa shape index (κ1) is 20.7. The molecule has 0 aliphatic heterocycles. The molecule has 0 aliphatic carbocycles. The van der Waals surface area contributed by atoms with Crippen molar-refractivity contribution in [1.29, 1.82) is 0 Å². The van der Waals surface area contributed by atoms with Crippen LogP contribution in [-0.4, -0.2) is 11.6 Å². The lowest BCUT2D eigenvalue weighted by molar-refractivity contribution is -0.111. The highest BCUT2D eigenvalue weighted by Crippen LogP contribution is 2.09. The van der Waals surface area contributed by atoms with Crippen LogP contribution in [0.4, 0.5) is 0 Å². The molecule has 0 N–H and O–H groups in total. The number of hydrogen-bond donors (Lipinski definition) is 0. The van der Waals surface area contributed by atoms with E-state index in [1.54, 1.807) is 48.6 Å². The van der Waals surface area contributed by atoms with E-state index in [1.165, 1.54) is 0 Å². The number of benzene rings is 3. The van der Waals surface area contributed by atoms with Crippen LogP contribution in [0.15, 0.2) is 109 Å². The molecular weight excluding hydrogens is 368 g/mol. The molecule has 30 heavy (non-hydrogen) atoms. The lowest BCUT2D eigenvalue weighted by Crippen LogP contribution is -1.86. The van der Waals surface area contributed by atoms with E-state index in [-0.39, 0.29) is 11.6 Å². The topological polar surface area (TPSA) is 34.1 Å². The van der Waals surface area contributed by atoms with E-state index < -0.39 is 0 Å². The Balaban J connectivity index is 1.53. The van der Waals surface area contributed by atoms with Crippen molar-refractivity contribution in [3.63, 3.8) is 0 Å². The average molecular weight is 390 g/mol. The highest BCUT2D eigenvalue weighted by Gasteiger charge is 1.94. The van der Waals surface area contributed by atoms with Crippen molar-refractivity contribution >= 4 is 35.9 Å². The fraction of sp³-hybridized carbons (Fsp3) is 0. The van der Waals surface area contributed by atoms with Gasteiger partial charge in [0.1, 0.15) is 0 Å². The molecule has 0 amide bonds. The second kappa shape index (κ2) is 11.1. The molecule has 0 bridgehead atoms. The minimum atomic E-state index is -0.0707. The summed E-state index contributed by atoms with van der Waals surface area (Å²) in [6.45, 7) is 0. The Labute approximate surface area is 177 Å². The van der Waals surface area contributed by atoms with Gasteiger partial charge in [-0.15, -0.1) is 0 Å². The summed E-state index contributed by atoms with van der Waals surface area (Å²) in [5.74, 6) is -0.141. The number of hydrogen-bond acceptors (Lipinski definition) is 2. The Morgan fingerprint density at radius 1 is 0.400 bits per heavy atom. The number of rotatable bonds is 8. The van der Waals surface area contributed by atoms with Gasteiger partial charge in [-0.25, -0.2) is 0 Å². The fourth-order valence-electron chi connectivity index (χ4n) is 2.67. The van der Waals surface area contributed by atoms with Crippen LogP contribution in [0, 0.1) is 0 Å². The summed E-state index contributed by atoms with van der Waals surface area (Å²) in [6.07, 6.45) is 13.3. The summed E-state index contributed by atoms with van der Waals surface area (Å²) in [5, 5.41) is 0. The Bertz CT molecular complexity index is 994. The van der Waals surface area contributed by atoms with Crippen molar-refractivity contribution in [3.8, 4) is 0 Å². The molecule has 146 valence electrons. The van der Waals surface area contributed by atoms with E-state index in [0.717, 1.165) is 22.3 Å². The quantitative estimate of drug-likeness (QED) is 0.424. The van der Waals surface area contributed by atoms with Gasteiger partial charge in [-0.2, -0.15) is 0 Å². The largest absolute Gasteiger partial charge is 0.290 e. The van der Waals surface area contributed by atoms with Gasteiger partial charge in [0.2, 0.25) is 0 Å². The molecule has 2 heteroatoms. The van der Waals surface area contributed by atoms with Crippen molar-refractivity contribution in [2.24, 2.45) is 0 Å². The number of ketones is 2. The van der Waals surface area contributed by atoms with Crippen molar-refractivity contribution in [2.45, 2.75) is 0 Å². The van der Waals surface area contributed by atoms with Crippen molar-refractivity contribution in [1.82, 2.24) is 0 Å². The van der Waals surface area contributed by atoms with Crippen LogP contribution >= 0.6 is 0 Å². The van der Waals surface area contributed by atoms with E-state index in [4.69, 9.17) is 0 Å². The molecule has 2 nitrogen and oxygen atoms in total. The third-order valence-corrected chi connectivity index (χ3v) is 4.30. The molecule has 0 aromatic heterocycles. The Hall–Kier alpha value is -4.04. The standard InChI is InChI=1S/C28H22O2/c29-27(19-15-23-7-3-1-4-8-23)21-17-25-11-13-26(14-12-25)18-22-28(30)20-16-24-9-5-2-6-10-24/h1-22H/b19-15+,20-16+,21-17+,22-18+. The monoisotopic (exact) mass is 390 g/mol. The first-order valence-electron chi connectivity index (χ1n) is 9.69. The van der Waals surface area contributed by atoms with Crippen LogP contribution in [0.2, 0.25) is 0 Å². The zero-order valence-corrected chi connectivity index (χ0v) is 16.5. The molecule has 3 aromatic carbocycles. The average Bonchev–Trinajstić information content (AvgIpc) is 2.80. The van der Waals surface area contributed by atoms with E-state index in [9.17, 15) is 9.59 Å². The maximum absolute atomic E-state index is 12.0. The van der Waals surface area contributed by atoms with Crippen LogP contribution in [0.5, 0.6) is 0 Å². The number of carbonyl (C=O) groups is 2. The van der Waals surface area contributed by atoms with Gasteiger partial charge in [0.05, 0.1) is 0 Å². The highest BCUT2D eigenvalue weighted by atomic mass is 16.1. The SMILES string of the molecule is O=C(/C=C/c1ccccc1)/C=C/c1ccc(/C=C/C(=O)/C=C/c2ccccc2)cc1. The maximum atomic E-state index is 12.0.